The lowest BCUT2D eigenvalue weighted by molar-refractivity contribution is -0.143. The van der Waals surface area contributed by atoms with Gasteiger partial charge in [0, 0.05) is 56.7 Å². The molecule has 0 aromatic carbocycles. The number of aliphatic carboxylic acids is 1. The largest absolute Gasteiger partial charge is 0.481 e. The van der Waals surface area contributed by atoms with Crippen LogP contribution in [0.3, 0.4) is 0 Å². The van der Waals surface area contributed by atoms with E-state index in [9.17, 15) is 14.4 Å². The molecule has 1 N–H and O–H groups in total. The predicted octanol–water partition coefficient (Wildman–Crippen LogP) is 1.58. The Morgan fingerprint density at radius 3 is 2.53 bits per heavy atom. The molecule has 9 heteroatoms. The number of hydrogen-bond acceptors (Lipinski definition) is 6. The number of piperidine rings is 2. The first-order chi connectivity index (χ1) is 14.5. The van der Waals surface area contributed by atoms with Crippen LogP contribution in [-0.4, -0.2) is 82.7 Å². The Morgan fingerprint density at radius 2 is 1.83 bits per heavy atom. The van der Waals surface area contributed by atoms with Crippen molar-refractivity contribution in [2.45, 2.75) is 44.2 Å². The Kier molecular flexibility index (Phi) is 6.06. The average molecular weight is 416 g/mol. The second-order valence-electron chi connectivity index (χ2n) is 8.34. The number of rotatable bonds is 5. The van der Waals surface area contributed by atoms with Gasteiger partial charge in [-0.05, 0) is 43.7 Å². The minimum Gasteiger partial charge on any atom is -0.481 e. The third kappa shape index (κ3) is 4.49. The molecule has 4 rings (SSSR count). The number of nitrogens with zero attached hydrogens (tertiary/aromatic N) is 4. The van der Waals surface area contributed by atoms with Gasteiger partial charge in [0.15, 0.2) is 6.10 Å². The van der Waals surface area contributed by atoms with Crippen molar-refractivity contribution in [2.24, 2.45) is 5.92 Å². The number of cyclic esters (lactones) is 1. The van der Waals surface area contributed by atoms with Gasteiger partial charge in [0.1, 0.15) is 0 Å². The normalized spacial score (nSPS) is 25.3. The highest BCUT2D eigenvalue weighted by molar-refractivity contribution is 5.86. The minimum absolute atomic E-state index is 0.0362. The Hall–Kier alpha value is -2.84. The first-order valence-electron chi connectivity index (χ1n) is 10.6. The van der Waals surface area contributed by atoms with E-state index in [1.54, 1.807) is 22.2 Å². The summed E-state index contributed by atoms with van der Waals surface area (Å²) in [7, 11) is 0. The topological polar surface area (TPSA) is 103 Å². The minimum atomic E-state index is -0.842. The number of anilines is 1. The fourth-order valence-corrected chi connectivity index (χ4v) is 4.78. The van der Waals surface area contributed by atoms with Crippen molar-refractivity contribution in [1.82, 2.24) is 14.8 Å². The zero-order valence-corrected chi connectivity index (χ0v) is 17.0. The van der Waals surface area contributed by atoms with Crippen LogP contribution in [0.5, 0.6) is 0 Å². The molecule has 3 saturated heterocycles. The molecule has 3 aliphatic rings. The predicted molar refractivity (Wildman–Crippen MR) is 108 cm³/mol. The van der Waals surface area contributed by atoms with Gasteiger partial charge in [-0.2, -0.15) is 0 Å². The molecule has 1 aromatic heterocycles. The highest BCUT2D eigenvalue weighted by Crippen LogP contribution is 2.27. The van der Waals surface area contributed by atoms with Gasteiger partial charge < -0.3 is 24.5 Å². The molecule has 162 valence electrons. The molecule has 0 spiro atoms. The summed E-state index contributed by atoms with van der Waals surface area (Å²) >= 11 is 0. The van der Waals surface area contributed by atoms with Crippen LogP contribution in [0.4, 0.5) is 10.5 Å². The van der Waals surface area contributed by atoms with Gasteiger partial charge in [0.05, 0.1) is 6.54 Å². The van der Waals surface area contributed by atoms with E-state index in [2.05, 4.69) is 9.88 Å². The maximum atomic E-state index is 12.9. The summed E-state index contributed by atoms with van der Waals surface area (Å²) in [5.41, 5.74) is 1.13. The van der Waals surface area contributed by atoms with Gasteiger partial charge in [-0.25, -0.2) is 4.79 Å². The van der Waals surface area contributed by atoms with Crippen LogP contribution in [0, 0.1) is 5.92 Å². The summed E-state index contributed by atoms with van der Waals surface area (Å²) in [5, 5.41) is 9.02. The summed E-state index contributed by atoms with van der Waals surface area (Å²) in [6.07, 6.45) is 5.63. The van der Waals surface area contributed by atoms with E-state index >= 15 is 0 Å². The number of carboxylic acid groups (broad SMARTS) is 1. The van der Waals surface area contributed by atoms with Crippen LogP contribution in [-0.2, 0) is 14.3 Å². The zero-order chi connectivity index (χ0) is 21.1. The molecule has 3 fully saturated rings. The second kappa shape index (κ2) is 8.89. The van der Waals surface area contributed by atoms with Crippen molar-refractivity contribution in [1.29, 1.82) is 0 Å². The molecule has 0 bridgehead atoms. The molecular weight excluding hydrogens is 388 g/mol. The first kappa shape index (κ1) is 20.4. The van der Waals surface area contributed by atoms with Crippen molar-refractivity contribution in [3.05, 3.63) is 24.5 Å². The van der Waals surface area contributed by atoms with E-state index in [4.69, 9.17) is 9.84 Å². The van der Waals surface area contributed by atoms with Crippen LogP contribution in [0.2, 0.25) is 0 Å². The van der Waals surface area contributed by atoms with E-state index in [-0.39, 0.29) is 30.8 Å². The van der Waals surface area contributed by atoms with Crippen LogP contribution in [0.25, 0.3) is 0 Å². The number of aromatic nitrogens is 1. The number of hydrogen-bond donors (Lipinski definition) is 1. The van der Waals surface area contributed by atoms with E-state index in [1.807, 2.05) is 12.1 Å². The fraction of sp³-hybridized carbons (Fsp3) is 0.619. The van der Waals surface area contributed by atoms with Gasteiger partial charge in [-0.1, -0.05) is 0 Å². The molecule has 4 heterocycles. The summed E-state index contributed by atoms with van der Waals surface area (Å²) in [6.45, 7) is 2.95. The second-order valence-corrected chi connectivity index (χ2v) is 8.34. The quantitative estimate of drug-likeness (QED) is 0.777. The van der Waals surface area contributed by atoms with Crippen LogP contribution in [0.15, 0.2) is 24.5 Å². The lowest BCUT2D eigenvalue weighted by atomic mass is 9.94. The number of likely N-dealkylation sites (tertiary alicyclic amines) is 1. The molecular formula is C21H28N4O5. The Labute approximate surface area is 175 Å². The Bertz CT molecular complexity index is 781. The SMILES string of the molecule is O=C(O)CC1CCCN(C(=O)C2CN(C3CCN(c4ccncc4)CC3)C(=O)O2)C1. The number of pyridine rings is 1. The lowest BCUT2D eigenvalue weighted by Crippen LogP contribution is -2.48. The molecule has 3 aliphatic heterocycles. The number of carbonyl (C=O) groups excluding carboxylic acids is 2. The van der Waals surface area contributed by atoms with E-state index in [1.165, 1.54) is 0 Å². The molecule has 2 atom stereocenters. The number of carboxylic acids is 1. The Balaban J connectivity index is 1.31. The average Bonchev–Trinajstić information content (AvgIpc) is 3.15. The van der Waals surface area contributed by atoms with Gasteiger partial charge >= 0.3 is 12.1 Å². The smallest absolute Gasteiger partial charge is 0.411 e. The number of amides is 2. The van der Waals surface area contributed by atoms with Crippen LogP contribution in [0.1, 0.15) is 32.1 Å². The van der Waals surface area contributed by atoms with Crippen molar-refractivity contribution < 1.29 is 24.2 Å². The van der Waals surface area contributed by atoms with E-state index < -0.39 is 18.2 Å². The first-order valence-corrected chi connectivity index (χ1v) is 10.6. The maximum absolute atomic E-state index is 12.9. The summed E-state index contributed by atoms with van der Waals surface area (Å²) < 4.78 is 5.43. The molecule has 0 radical (unpaired) electrons. The molecule has 2 amide bonds. The fourth-order valence-electron chi connectivity index (χ4n) is 4.78. The van der Waals surface area contributed by atoms with Crippen LogP contribution >= 0.6 is 0 Å². The molecule has 30 heavy (non-hydrogen) atoms. The van der Waals surface area contributed by atoms with Crippen molar-refractivity contribution >= 4 is 23.7 Å². The monoisotopic (exact) mass is 416 g/mol. The molecule has 2 unspecified atom stereocenters. The molecule has 1 aromatic rings. The van der Waals surface area contributed by atoms with Crippen molar-refractivity contribution in [3.63, 3.8) is 0 Å². The molecule has 9 nitrogen and oxygen atoms in total. The number of carbonyl (C=O) groups is 3. The Morgan fingerprint density at radius 1 is 1.10 bits per heavy atom. The maximum Gasteiger partial charge on any atom is 0.411 e. The van der Waals surface area contributed by atoms with Gasteiger partial charge in [0.25, 0.3) is 5.91 Å². The van der Waals surface area contributed by atoms with Gasteiger partial charge in [-0.3, -0.25) is 14.6 Å². The summed E-state index contributed by atoms with van der Waals surface area (Å²) in [6, 6.07) is 4.03. The third-order valence-corrected chi connectivity index (χ3v) is 6.34. The lowest BCUT2D eigenvalue weighted by Gasteiger charge is -2.37. The van der Waals surface area contributed by atoms with Crippen LogP contribution < -0.4 is 4.90 Å². The van der Waals surface area contributed by atoms with Crippen molar-refractivity contribution in [2.75, 3.05) is 37.6 Å². The van der Waals surface area contributed by atoms with Crippen molar-refractivity contribution in [3.8, 4) is 0 Å². The standard InChI is InChI=1S/C21H28N4O5/c26-19(27)12-15-2-1-9-24(13-15)20(28)18-14-25(21(29)30-18)17-5-10-23(11-6-17)16-3-7-22-8-4-16/h3-4,7-8,15,17-18H,1-2,5-6,9-14H2,(H,26,27). The number of ether oxygens (including phenoxy) is 1. The highest BCUT2D eigenvalue weighted by atomic mass is 16.6. The molecule has 0 saturated carbocycles. The highest BCUT2D eigenvalue weighted by Gasteiger charge is 2.42. The van der Waals surface area contributed by atoms with E-state index in [0.29, 0.717) is 13.1 Å². The summed E-state index contributed by atoms with van der Waals surface area (Å²) in [5.74, 6) is -1.08. The summed E-state index contributed by atoms with van der Waals surface area (Å²) in [4.78, 5) is 46.1. The van der Waals surface area contributed by atoms with Gasteiger partial charge in [-0.15, -0.1) is 0 Å². The van der Waals surface area contributed by atoms with E-state index in [0.717, 1.165) is 44.5 Å². The molecule has 0 aliphatic carbocycles. The van der Waals surface area contributed by atoms with Gasteiger partial charge in [0.2, 0.25) is 0 Å². The zero-order valence-electron chi connectivity index (χ0n) is 17.0. The third-order valence-electron chi connectivity index (χ3n) is 6.34.